The second-order valence-corrected chi connectivity index (χ2v) is 4.55. The van der Waals surface area contributed by atoms with Crippen molar-refractivity contribution < 1.29 is 19.4 Å². The van der Waals surface area contributed by atoms with Crippen LogP contribution in [-0.2, 0) is 4.74 Å². The molecule has 7 nitrogen and oxygen atoms in total. The van der Waals surface area contributed by atoms with Gasteiger partial charge in [-0.05, 0) is 12.8 Å². The maximum absolute atomic E-state index is 11.2. The van der Waals surface area contributed by atoms with E-state index in [2.05, 4.69) is 10.1 Å². The van der Waals surface area contributed by atoms with Crippen molar-refractivity contribution in [3.63, 3.8) is 0 Å². The van der Waals surface area contributed by atoms with Crippen molar-refractivity contribution in [3.05, 3.63) is 0 Å². The number of nitrogens with two attached hydrogens (primary N) is 1. The zero-order valence-electron chi connectivity index (χ0n) is 10.8. The van der Waals surface area contributed by atoms with Gasteiger partial charge in [0.25, 0.3) is 0 Å². The first-order chi connectivity index (χ1) is 8.47. The Hall–Kier alpha value is -1.50. The molecule has 18 heavy (non-hydrogen) atoms. The molecule has 0 aromatic rings. The van der Waals surface area contributed by atoms with Gasteiger partial charge < -0.3 is 25.8 Å². The van der Waals surface area contributed by atoms with Crippen molar-refractivity contribution in [2.24, 2.45) is 11.7 Å². The van der Waals surface area contributed by atoms with Gasteiger partial charge in [0.1, 0.15) is 0 Å². The lowest BCUT2D eigenvalue weighted by atomic mass is 9.88. The number of piperidine rings is 1. The van der Waals surface area contributed by atoms with Gasteiger partial charge in [0.2, 0.25) is 0 Å². The predicted molar refractivity (Wildman–Crippen MR) is 64.9 cm³/mol. The minimum Gasteiger partial charge on any atom is -0.453 e. The van der Waals surface area contributed by atoms with E-state index in [1.54, 1.807) is 0 Å². The third kappa shape index (κ3) is 3.76. The molecule has 0 saturated carbocycles. The third-order valence-electron chi connectivity index (χ3n) is 3.26. The zero-order chi connectivity index (χ0) is 13.7. The summed E-state index contributed by atoms with van der Waals surface area (Å²) in [6.45, 7) is 2.64. The van der Waals surface area contributed by atoms with Crippen LogP contribution >= 0.6 is 0 Å². The van der Waals surface area contributed by atoms with Gasteiger partial charge in [0.15, 0.2) is 0 Å². The Morgan fingerprint density at radius 2 is 2.22 bits per heavy atom. The summed E-state index contributed by atoms with van der Waals surface area (Å²) in [7, 11) is 1.28. The fourth-order valence-electron chi connectivity index (χ4n) is 2.26. The summed E-state index contributed by atoms with van der Waals surface area (Å²) < 4.78 is 4.52. The van der Waals surface area contributed by atoms with Crippen molar-refractivity contribution in [2.75, 3.05) is 20.2 Å². The van der Waals surface area contributed by atoms with Gasteiger partial charge in [0, 0.05) is 19.0 Å². The highest BCUT2D eigenvalue weighted by Crippen LogP contribution is 2.21. The monoisotopic (exact) mass is 259 g/mol. The highest BCUT2D eigenvalue weighted by atomic mass is 16.5. The van der Waals surface area contributed by atoms with Crippen LogP contribution in [0.3, 0.4) is 0 Å². The van der Waals surface area contributed by atoms with Crippen molar-refractivity contribution in [3.8, 4) is 0 Å². The van der Waals surface area contributed by atoms with Crippen LogP contribution in [0.2, 0.25) is 0 Å². The average molecular weight is 259 g/mol. The molecule has 1 aliphatic heterocycles. The first-order valence-electron chi connectivity index (χ1n) is 6.04. The van der Waals surface area contributed by atoms with Crippen LogP contribution in [0.25, 0.3) is 0 Å². The molecule has 1 heterocycles. The number of likely N-dealkylation sites (tertiary alicyclic amines) is 1. The maximum Gasteiger partial charge on any atom is 0.407 e. The Bertz CT molecular complexity index is 311. The number of methoxy groups -OCH3 is 1. The van der Waals surface area contributed by atoms with Gasteiger partial charge in [0.05, 0.1) is 19.3 Å². The van der Waals surface area contributed by atoms with Crippen LogP contribution in [-0.4, -0.2) is 54.5 Å². The number of amides is 3. The highest BCUT2D eigenvalue weighted by molar-refractivity contribution is 5.72. The number of alkyl carbamates (subject to hydrolysis) is 1. The largest absolute Gasteiger partial charge is 0.453 e. The molecule has 4 N–H and O–H groups in total. The number of aliphatic hydroxyl groups is 1. The van der Waals surface area contributed by atoms with E-state index in [-0.39, 0.29) is 12.0 Å². The van der Waals surface area contributed by atoms with E-state index in [1.165, 1.54) is 12.0 Å². The Labute approximate surface area is 106 Å². The van der Waals surface area contributed by atoms with Crippen LogP contribution in [0.15, 0.2) is 0 Å². The Morgan fingerprint density at radius 3 is 2.72 bits per heavy atom. The van der Waals surface area contributed by atoms with E-state index >= 15 is 0 Å². The van der Waals surface area contributed by atoms with E-state index in [1.807, 2.05) is 6.92 Å². The molecule has 0 aromatic heterocycles. The number of nitrogens with zero attached hydrogens (tertiary/aromatic N) is 1. The van der Waals surface area contributed by atoms with Crippen molar-refractivity contribution in [1.82, 2.24) is 10.2 Å². The smallest absolute Gasteiger partial charge is 0.407 e. The van der Waals surface area contributed by atoms with Gasteiger partial charge in [-0.2, -0.15) is 0 Å². The molecule has 1 fully saturated rings. The van der Waals surface area contributed by atoms with Crippen LogP contribution in [0.5, 0.6) is 0 Å². The molecule has 0 radical (unpaired) electrons. The summed E-state index contributed by atoms with van der Waals surface area (Å²) in [6.07, 6.45) is 0.154. The molecular formula is C11H21N3O4. The number of hydrogen-bond acceptors (Lipinski definition) is 4. The highest BCUT2D eigenvalue weighted by Gasteiger charge is 2.33. The normalized spacial score (nSPS) is 25.4. The number of carbonyl (C=O) groups excluding carboxylic acids is 2. The molecule has 3 unspecified atom stereocenters. The van der Waals surface area contributed by atoms with Crippen molar-refractivity contribution in [2.45, 2.75) is 31.9 Å². The molecule has 7 heteroatoms. The minimum absolute atomic E-state index is 0.0848. The van der Waals surface area contributed by atoms with E-state index < -0.39 is 18.2 Å². The number of rotatable bonds is 3. The standard InChI is InChI=1S/C11H21N3O4/c1-3-9(15)7-4-8(13-11(17)18-2)6-14(5-7)10(12)16/h7-9,15H,3-6H2,1-2H3,(H2,12,16)(H,13,17). The number of hydrogen-bond donors (Lipinski definition) is 3. The Morgan fingerprint density at radius 1 is 1.56 bits per heavy atom. The molecule has 3 amide bonds. The van der Waals surface area contributed by atoms with E-state index in [4.69, 9.17) is 5.73 Å². The fourth-order valence-corrected chi connectivity index (χ4v) is 2.26. The minimum atomic E-state index is -0.545. The topological polar surface area (TPSA) is 105 Å². The summed E-state index contributed by atoms with van der Waals surface area (Å²) >= 11 is 0. The summed E-state index contributed by atoms with van der Waals surface area (Å²) in [4.78, 5) is 23.8. The lowest BCUT2D eigenvalue weighted by Gasteiger charge is -2.38. The van der Waals surface area contributed by atoms with Gasteiger partial charge >= 0.3 is 12.1 Å². The lowest BCUT2D eigenvalue weighted by Crippen LogP contribution is -2.55. The van der Waals surface area contributed by atoms with Gasteiger partial charge in [-0.25, -0.2) is 9.59 Å². The molecule has 3 atom stereocenters. The predicted octanol–water partition coefficient (Wildman–Crippen LogP) is -0.117. The fraction of sp³-hybridized carbons (Fsp3) is 0.818. The number of carbonyl (C=O) groups is 2. The summed E-state index contributed by atoms with van der Waals surface area (Å²) in [5.74, 6) is -0.0848. The molecule has 1 rings (SSSR count). The summed E-state index contributed by atoms with van der Waals surface area (Å²) in [6, 6.07) is -0.787. The van der Waals surface area contributed by atoms with Crippen molar-refractivity contribution in [1.29, 1.82) is 0 Å². The second-order valence-electron chi connectivity index (χ2n) is 4.55. The molecule has 0 aliphatic carbocycles. The molecule has 104 valence electrons. The maximum atomic E-state index is 11.2. The molecule has 1 saturated heterocycles. The van der Waals surface area contributed by atoms with E-state index in [9.17, 15) is 14.7 Å². The van der Waals surface area contributed by atoms with Crippen LogP contribution < -0.4 is 11.1 Å². The van der Waals surface area contributed by atoms with Gasteiger partial charge in [-0.3, -0.25) is 0 Å². The third-order valence-corrected chi connectivity index (χ3v) is 3.26. The number of aliphatic hydroxyl groups excluding tert-OH is 1. The number of urea groups is 1. The molecule has 1 aliphatic rings. The summed E-state index contributed by atoms with van der Waals surface area (Å²) in [5, 5.41) is 12.5. The van der Waals surface area contributed by atoms with Crippen LogP contribution in [0, 0.1) is 5.92 Å². The van der Waals surface area contributed by atoms with Gasteiger partial charge in [-0.1, -0.05) is 6.92 Å². The molecule has 0 bridgehead atoms. The number of ether oxygens (including phenoxy) is 1. The van der Waals surface area contributed by atoms with Gasteiger partial charge in [-0.15, -0.1) is 0 Å². The number of nitrogens with one attached hydrogen (secondary N) is 1. The molecule has 0 aromatic carbocycles. The lowest BCUT2D eigenvalue weighted by molar-refractivity contribution is 0.0479. The SMILES string of the molecule is CCC(O)C1CC(NC(=O)OC)CN(C(N)=O)C1. The second kappa shape index (κ2) is 6.44. The summed E-state index contributed by atoms with van der Waals surface area (Å²) in [5.41, 5.74) is 5.26. The van der Waals surface area contributed by atoms with Crippen molar-refractivity contribution >= 4 is 12.1 Å². The Balaban J connectivity index is 2.67. The van der Waals surface area contributed by atoms with Crippen LogP contribution in [0.4, 0.5) is 9.59 Å². The van der Waals surface area contributed by atoms with Crippen LogP contribution in [0.1, 0.15) is 19.8 Å². The Kier molecular flexibility index (Phi) is 5.21. The first-order valence-corrected chi connectivity index (χ1v) is 6.04. The molecule has 0 spiro atoms. The average Bonchev–Trinajstić information content (AvgIpc) is 2.37. The van der Waals surface area contributed by atoms with E-state index in [0.29, 0.717) is 25.9 Å². The van der Waals surface area contributed by atoms with E-state index in [0.717, 1.165) is 0 Å². The number of primary amides is 1. The first kappa shape index (κ1) is 14.6. The zero-order valence-corrected chi connectivity index (χ0v) is 10.8. The molecular weight excluding hydrogens is 238 g/mol. The quantitative estimate of drug-likeness (QED) is 0.657.